The van der Waals surface area contributed by atoms with Crippen molar-refractivity contribution in [1.29, 1.82) is 0 Å². The van der Waals surface area contributed by atoms with E-state index in [4.69, 9.17) is 4.74 Å². The van der Waals surface area contributed by atoms with E-state index >= 15 is 0 Å². The van der Waals surface area contributed by atoms with Gasteiger partial charge in [0.15, 0.2) is 5.78 Å². The summed E-state index contributed by atoms with van der Waals surface area (Å²) in [5, 5.41) is 5.47. The number of carbonyl (C=O) groups is 1. The Labute approximate surface area is 165 Å². The molecular formula is C21H29N3O2S. The highest BCUT2D eigenvalue weighted by Gasteiger charge is 2.34. The topological polar surface area (TPSA) is 54.5 Å². The van der Waals surface area contributed by atoms with Gasteiger partial charge in [0, 0.05) is 18.3 Å². The fourth-order valence-electron chi connectivity index (χ4n) is 3.67. The molecule has 5 nitrogen and oxygen atoms in total. The van der Waals surface area contributed by atoms with E-state index in [-0.39, 0.29) is 11.4 Å². The molecule has 0 saturated heterocycles. The zero-order valence-electron chi connectivity index (χ0n) is 16.2. The first kappa shape index (κ1) is 20.0. The van der Waals surface area contributed by atoms with Crippen LogP contribution in [0.5, 0.6) is 5.75 Å². The molecule has 1 N–H and O–H groups in total. The smallest absolute Gasteiger partial charge is 0.190 e. The number of carbonyl (C=O) groups excluding carboxylic acids is 1. The molecule has 1 fully saturated rings. The summed E-state index contributed by atoms with van der Waals surface area (Å²) < 4.78 is 5.88. The predicted molar refractivity (Wildman–Crippen MR) is 110 cm³/mol. The van der Waals surface area contributed by atoms with E-state index in [1.165, 1.54) is 30.6 Å². The van der Waals surface area contributed by atoms with Crippen LogP contribution in [0.25, 0.3) is 0 Å². The first-order chi connectivity index (χ1) is 13.1. The summed E-state index contributed by atoms with van der Waals surface area (Å²) in [5.41, 5.74) is 0.929. The molecule has 146 valence electrons. The van der Waals surface area contributed by atoms with Crippen LogP contribution in [0.4, 0.5) is 0 Å². The molecule has 6 heteroatoms. The Morgan fingerprint density at radius 1 is 1.26 bits per heavy atom. The minimum Gasteiger partial charge on any atom is -0.492 e. The zero-order chi connectivity index (χ0) is 19.1. The van der Waals surface area contributed by atoms with Crippen LogP contribution >= 0.6 is 11.3 Å². The standard InChI is InChI=1S/C21H29N3O2S/c1-24(2)21(11-5-3-6-12-21)23-16-18(25)20-19(10-15-27-20)26-14-9-17-8-4-7-13-22-17/h4,7-8,10,13,15,23H,3,5-6,9,11-12,14,16H2,1-2H3. The van der Waals surface area contributed by atoms with Crippen molar-refractivity contribution in [2.24, 2.45) is 0 Å². The highest BCUT2D eigenvalue weighted by Crippen LogP contribution is 2.30. The summed E-state index contributed by atoms with van der Waals surface area (Å²) in [6, 6.07) is 7.75. The van der Waals surface area contributed by atoms with E-state index in [9.17, 15) is 4.79 Å². The third kappa shape index (κ3) is 5.15. The Morgan fingerprint density at radius 2 is 2.07 bits per heavy atom. The SMILES string of the molecule is CN(C)C1(NCC(=O)c2sccc2OCCc2ccccn2)CCCCC1. The minimum atomic E-state index is -0.0643. The summed E-state index contributed by atoms with van der Waals surface area (Å²) in [5.74, 6) is 0.787. The molecule has 1 aliphatic rings. The van der Waals surface area contributed by atoms with Gasteiger partial charge in [0.2, 0.25) is 0 Å². The molecule has 1 saturated carbocycles. The minimum absolute atomic E-state index is 0.0643. The summed E-state index contributed by atoms with van der Waals surface area (Å²) in [6.07, 6.45) is 8.39. The van der Waals surface area contributed by atoms with Gasteiger partial charge in [-0.3, -0.25) is 20.0 Å². The van der Waals surface area contributed by atoms with Crippen molar-refractivity contribution >= 4 is 17.1 Å². The number of aromatic nitrogens is 1. The Hall–Kier alpha value is -1.76. The number of rotatable bonds is 9. The predicted octanol–water partition coefficient (Wildman–Crippen LogP) is 3.76. The van der Waals surface area contributed by atoms with Gasteiger partial charge < -0.3 is 4.74 Å². The summed E-state index contributed by atoms with van der Waals surface area (Å²) in [6.45, 7) is 0.860. The van der Waals surface area contributed by atoms with E-state index < -0.39 is 0 Å². The molecule has 0 bridgehead atoms. The van der Waals surface area contributed by atoms with Gasteiger partial charge in [-0.1, -0.05) is 25.3 Å². The number of thiophene rings is 1. The van der Waals surface area contributed by atoms with Crippen molar-refractivity contribution in [3.8, 4) is 5.75 Å². The maximum Gasteiger partial charge on any atom is 0.190 e. The molecule has 27 heavy (non-hydrogen) atoms. The van der Waals surface area contributed by atoms with Crippen LogP contribution in [0.2, 0.25) is 0 Å². The fraction of sp³-hybridized carbons (Fsp3) is 0.524. The van der Waals surface area contributed by atoms with Crippen LogP contribution in [0.1, 0.15) is 47.5 Å². The van der Waals surface area contributed by atoms with E-state index in [2.05, 4.69) is 29.3 Å². The van der Waals surface area contributed by atoms with Gasteiger partial charge >= 0.3 is 0 Å². The van der Waals surface area contributed by atoms with Gasteiger partial charge in [-0.25, -0.2) is 0 Å². The van der Waals surface area contributed by atoms with E-state index in [1.807, 2.05) is 29.6 Å². The van der Waals surface area contributed by atoms with Gasteiger partial charge in [0.1, 0.15) is 10.6 Å². The normalized spacial score (nSPS) is 16.4. The molecule has 0 spiro atoms. The Kier molecular flexibility index (Phi) is 6.99. The monoisotopic (exact) mass is 387 g/mol. The van der Waals surface area contributed by atoms with Crippen LogP contribution in [0.3, 0.4) is 0 Å². The molecule has 0 amide bonds. The highest BCUT2D eigenvalue weighted by atomic mass is 32.1. The second-order valence-electron chi connectivity index (χ2n) is 7.30. The van der Waals surface area contributed by atoms with Gasteiger partial charge in [-0.15, -0.1) is 11.3 Å². The molecule has 1 aliphatic carbocycles. The van der Waals surface area contributed by atoms with Crippen molar-refractivity contribution in [3.63, 3.8) is 0 Å². The number of Topliss-reactive ketones (excluding diaryl/α,β-unsaturated/α-hetero) is 1. The Morgan fingerprint density at radius 3 is 2.78 bits per heavy atom. The van der Waals surface area contributed by atoms with Crippen molar-refractivity contribution in [1.82, 2.24) is 15.2 Å². The molecule has 0 atom stereocenters. The summed E-state index contributed by atoms with van der Waals surface area (Å²) in [7, 11) is 4.19. The van der Waals surface area contributed by atoms with E-state index in [1.54, 1.807) is 6.20 Å². The van der Waals surface area contributed by atoms with Crippen LogP contribution in [-0.4, -0.2) is 48.6 Å². The van der Waals surface area contributed by atoms with Gasteiger partial charge in [0.05, 0.1) is 18.8 Å². The molecule has 3 rings (SSSR count). The Bertz CT molecular complexity index is 724. The van der Waals surface area contributed by atoms with Crippen molar-refractivity contribution in [2.45, 2.75) is 44.2 Å². The average molecular weight is 388 g/mol. The number of nitrogens with one attached hydrogen (secondary N) is 1. The van der Waals surface area contributed by atoms with Crippen LogP contribution in [-0.2, 0) is 6.42 Å². The highest BCUT2D eigenvalue weighted by molar-refractivity contribution is 7.12. The lowest BCUT2D eigenvalue weighted by molar-refractivity contribution is 0.0599. The fourth-order valence-corrected chi connectivity index (χ4v) is 4.44. The second-order valence-corrected chi connectivity index (χ2v) is 8.21. The Balaban J connectivity index is 1.55. The van der Waals surface area contributed by atoms with Crippen LogP contribution in [0.15, 0.2) is 35.8 Å². The largest absolute Gasteiger partial charge is 0.492 e. The molecule has 2 aromatic rings. The number of hydrogen-bond acceptors (Lipinski definition) is 6. The molecule has 2 heterocycles. The van der Waals surface area contributed by atoms with E-state index in [0.29, 0.717) is 23.8 Å². The third-order valence-electron chi connectivity index (χ3n) is 5.34. The first-order valence-corrected chi connectivity index (χ1v) is 10.5. The molecule has 2 aromatic heterocycles. The molecule has 0 aromatic carbocycles. The first-order valence-electron chi connectivity index (χ1n) is 9.67. The maximum atomic E-state index is 12.8. The lowest BCUT2D eigenvalue weighted by atomic mass is 9.88. The van der Waals surface area contributed by atoms with Gasteiger partial charge in [0.25, 0.3) is 0 Å². The number of ether oxygens (including phenoxy) is 1. The average Bonchev–Trinajstić information content (AvgIpc) is 3.16. The summed E-state index contributed by atoms with van der Waals surface area (Å²) in [4.78, 5) is 20.0. The molecule has 0 unspecified atom stereocenters. The number of nitrogens with zero attached hydrogens (tertiary/aromatic N) is 2. The lowest BCUT2D eigenvalue weighted by Crippen LogP contribution is -2.58. The van der Waals surface area contributed by atoms with E-state index in [0.717, 1.165) is 25.0 Å². The zero-order valence-corrected chi connectivity index (χ0v) is 17.1. The van der Waals surface area contributed by atoms with Gasteiger partial charge in [-0.05, 0) is 50.5 Å². The molecule has 0 radical (unpaired) electrons. The molecular weight excluding hydrogens is 358 g/mol. The quantitative estimate of drug-likeness (QED) is 0.524. The third-order valence-corrected chi connectivity index (χ3v) is 6.28. The number of pyridine rings is 1. The lowest BCUT2D eigenvalue weighted by Gasteiger charge is -2.43. The van der Waals surface area contributed by atoms with Gasteiger partial charge in [-0.2, -0.15) is 0 Å². The number of hydrogen-bond donors (Lipinski definition) is 1. The van der Waals surface area contributed by atoms with Crippen LogP contribution in [0, 0.1) is 0 Å². The van der Waals surface area contributed by atoms with Crippen molar-refractivity contribution in [3.05, 3.63) is 46.4 Å². The van der Waals surface area contributed by atoms with Crippen molar-refractivity contribution < 1.29 is 9.53 Å². The molecule has 0 aliphatic heterocycles. The van der Waals surface area contributed by atoms with Crippen molar-refractivity contribution in [2.75, 3.05) is 27.2 Å². The van der Waals surface area contributed by atoms with Crippen LogP contribution < -0.4 is 10.1 Å². The maximum absolute atomic E-state index is 12.8. The second kappa shape index (κ2) is 9.44. The number of ketones is 1. The summed E-state index contributed by atoms with van der Waals surface area (Å²) >= 11 is 1.45.